The van der Waals surface area contributed by atoms with Gasteiger partial charge in [0.05, 0.1) is 0 Å². The molecule has 0 aliphatic rings. The highest BCUT2D eigenvalue weighted by Gasteiger charge is 2.22. The maximum Gasteiger partial charge on any atom is 0.243 e. The third kappa shape index (κ3) is 4.27. The minimum atomic E-state index is -0.137. The molecular weight excluding hydrogens is 302 g/mol. The fourth-order valence-corrected chi connectivity index (χ4v) is 1.78. The van der Waals surface area contributed by atoms with Gasteiger partial charge in [0.15, 0.2) is 0 Å². The lowest BCUT2D eigenvalue weighted by Crippen LogP contribution is -2.43. The highest BCUT2D eigenvalue weighted by molar-refractivity contribution is 6.30. The highest BCUT2D eigenvalue weighted by atomic mass is 35.5. The highest BCUT2D eigenvalue weighted by Crippen LogP contribution is 2.18. The summed E-state index contributed by atoms with van der Waals surface area (Å²) in [5, 5.41) is 15.7. The Kier molecular flexibility index (Phi) is 4.81. The van der Waals surface area contributed by atoms with Gasteiger partial charge in [-0.05, 0) is 41.8 Å². The second-order valence-corrected chi connectivity index (χ2v) is 6.74. The third-order valence-electron chi connectivity index (χ3n) is 3.52. The van der Waals surface area contributed by atoms with Crippen LogP contribution in [0.3, 0.4) is 0 Å². The van der Waals surface area contributed by atoms with Gasteiger partial charge >= 0.3 is 0 Å². The summed E-state index contributed by atoms with van der Waals surface area (Å²) in [7, 11) is 0. The van der Waals surface area contributed by atoms with Crippen LogP contribution in [0.15, 0.2) is 24.3 Å². The van der Waals surface area contributed by atoms with Crippen LogP contribution in [0.5, 0.6) is 0 Å². The van der Waals surface area contributed by atoms with Gasteiger partial charge in [0.1, 0.15) is 6.54 Å². The molecule has 0 fully saturated rings. The van der Waals surface area contributed by atoms with Crippen molar-refractivity contribution in [3.05, 3.63) is 29.3 Å². The Morgan fingerprint density at radius 3 is 2.55 bits per heavy atom. The maximum atomic E-state index is 12.0. The van der Waals surface area contributed by atoms with E-state index < -0.39 is 0 Å². The average molecular weight is 322 g/mol. The Labute approximate surface area is 134 Å². The number of halogens is 1. The first-order valence-electron chi connectivity index (χ1n) is 7.09. The van der Waals surface area contributed by atoms with Crippen molar-refractivity contribution in [3.63, 3.8) is 0 Å². The number of hydrogen-bond donors (Lipinski definition) is 1. The van der Waals surface area contributed by atoms with Crippen LogP contribution in [0, 0.1) is 5.41 Å². The van der Waals surface area contributed by atoms with Crippen LogP contribution < -0.4 is 5.32 Å². The number of amides is 1. The number of hydrogen-bond acceptors (Lipinski definition) is 4. The molecule has 0 radical (unpaired) electrons. The first-order valence-corrected chi connectivity index (χ1v) is 7.46. The summed E-state index contributed by atoms with van der Waals surface area (Å²) < 4.78 is 0. The van der Waals surface area contributed by atoms with Crippen LogP contribution in [0.2, 0.25) is 5.02 Å². The SMILES string of the molecule is C[C@@H](NC(=O)Cn1nnc(-c2ccc(Cl)cc2)n1)C(C)(C)C. The summed E-state index contributed by atoms with van der Waals surface area (Å²) in [4.78, 5) is 13.3. The Balaban J connectivity index is 2.00. The molecule has 0 saturated carbocycles. The number of nitrogens with one attached hydrogen (secondary N) is 1. The van der Waals surface area contributed by atoms with E-state index in [0.29, 0.717) is 10.8 Å². The third-order valence-corrected chi connectivity index (χ3v) is 3.77. The van der Waals surface area contributed by atoms with E-state index >= 15 is 0 Å². The van der Waals surface area contributed by atoms with E-state index in [2.05, 4.69) is 41.5 Å². The van der Waals surface area contributed by atoms with Gasteiger partial charge in [-0.15, -0.1) is 10.2 Å². The molecule has 0 unspecified atom stereocenters. The number of aromatic nitrogens is 4. The lowest BCUT2D eigenvalue weighted by atomic mass is 9.88. The lowest BCUT2D eigenvalue weighted by molar-refractivity contribution is -0.123. The van der Waals surface area contributed by atoms with Crippen LogP contribution in [-0.2, 0) is 11.3 Å². The minimum Gasteiger partial charge on any atom is -0.351 e. The van der Waals surface area contributed by atoms with Crippen molar-refractivity contribution in [2.24, 2.45) is 5.41 Å². The number of tetrazole rings is 1. The second kappa shape index (κ2) is 6.44. The number of nitrogens with zero attached hydrogens (tertiary/aromatic N) is 4. The average Bonchev–Trinajstić information content (AvgIpc) is 2.86. The summed E-state index contributed by atoms with van der Waals surface area (Å²) in [5.41, 5.74) is 0.805. The topological polar surface area (TPSA) is 72.7 Å². The smallest absolute Gasteiger partial charge is 0.243 e. The zero-order chi connectivity index (χ0) is 16.3. The maximum absolute atomic E-state index is 12.0. The van der Waals surface area contributed by atoms with Gasteiger partial charge in [-0.3, -0.25) is 4.79 Å². The summed E-state index contributed by atoms with van der Waals surface area (Å²) in [5.74, 6) is 0.329. The van der Waals surface area contributed by atoms with Gasteiger partial charge in [0.25, 0.3) is 0 Å². The molecular formula is C15H20ClN5O. The van der Waals surface area contributed by atoms with Crippen molar-refractivity contribution in [3.8, 4) is 11.4 Å². The van der Waals surface area contributed by atoms with Crippen molar-refractivity contribution in [1.82, 2.24) is 25.5 Å². The standard InChI is InChI=1S/C15H20ClN5O/c1-10(15(2,3)4)17-13(22)9-21-19-14(18-20-21)11-5-7-12(16)8-6-11/h5-8,10H,9H2,1-4H3,(H,17,22)/t10-/m1/s1. The molecule has 0 spiro atoms. The normalized spacial score (nSPS) is 13.0. The molecule has 1 heterocycles. The van der Waals surface area contributed by atoms with E-state index in [-0.39, 0.29) is 23.9 Å². The van der Waals surface area contributed by atoms with Crippen molar-refractivity contribution in [2.75, 3.05) is 0 Å². The van der Waals surface area contributed by atoms with Crippen molar-refractivity contribution in [2.45, 2.75) is 40.3 Å². The zero-order valence-electron chi connectivity index (χ0n) is 13.2. The molecule has 7 heteroatoms. The number of carbonyl (C=O) groups is 1. The second-order valence-electron chi connectivity index (χ2n) is 6.31. The fourth-order valence-electron chi connectivity index (χ4n) is 1.66. The van der Waals surface area contributed by atoms with E-state index in [0.717, 1.165) is 5.56 Å². The van der Waals surface area contributed by atoms with Crippen molar-refractivity contribution < 1.29 is 4.79 Å². The van der Waals surface area contributed by atoms with Crippen molar-refractivity contribution in [1.29, 1.82) is 0 Å². The molecule has 22 heavy (non-hydrogen) atoms. The Morgan fingerprint density at radius 2 is 1.95 bits per heavy atom. The summed E-state index contributed by atoms with van der Waals surface area (Å²) in [6.45, 7) is 8.24. The van der Waals surface area contributed by atoms with E-state index in [1.165, 1.54) is 4.80 Å². The van der Waals surface area contributed by atoms with Crippen LogP contribution in [-0.4, -0.2) is 32.2 Å². The van der Waals surface area contributed by atoms with Gasteiger partial charge in [0.2, 0.25) is 11.7 Å². The molecule has 6 nitrogen and oxygen atoms in total. The molecule has 2 aromatic rings. The molecule has 0 aliphatic heterocycles. The molecule has 1 aromatic heterocycles. The molecule has 1 amide bonds. The van der Waals surface area contributed by atoms with Gasteiger partial charge in [-0.25, -0.2) is 0 Å². The van der Waals surface area contributed by atoms with Crippen LogP contribution in [0.25, 0.3) is 11.4 Å². The fraction of sp³-hybridized carbons (Fsp3) is 0.467. The molecule has 1 N–H and O–H groups in total. The van der Waals surface area contributed by atoms with E-state index in [1.54, 1.807) is 12.1 Å². The van der Waals surface area contributed by atoms with Gasteiger partial charge in [-0.1, -0.05) is 32.4 Å². The van der Waals surface area contributed by atoms with Gasteiger partial charge < -0.3 is 5.32 Å². The Morgan fingerprint density at radius 1 is 1.32 bits per heavy atom. The number of carbonyl (C=O) groups excluding carboxylic acids is 1. The van der Waals surface area contributed by atoms with E-state index in [4.69, 9.17) is 11.6 Å². The minimum absolute atomic E-state index is 0.0000772. The molecule has 118 valence electrons. The van der Waals surface area contributed by atoms with Crippen LogP contribution in [0.4, 0.5) is 0 Å². The molecule has 0 saturated heterocycles. The van der Waals surface area contributed by atoms with Gasteiger partial charge in [0, 0.05) is 16.6 Å². The first kappa shape index (κ1) is 16.4. The Hall–Kier alpha value is -1.95. The predicted molar refractivity (Wildman–Crippen MR) is 85.3 cm³/mol. The molecule has 2 rings (SSSR count). The molecule has 1 atom stereocenters. The van der Waals surface area contributed by atoms with E-state index in [1.807, 2.05) is 19.1 Å². The summed E-state index contributed by atoms with van der Waals surface area (Å²) in [6, 6.07) is 7.20. The predicted octanol–water partition coefficient (Wildman–Crippen LogP) is 2.54. The number of benzene rings is 1. The van der Waals surface area contributed by atoms with Gasteiger partial charge in [-0.2, -0.15) is 4.80 Å². The monoisotopic (exact) mass is 321 g/mol. The molecule has 0 bridgehead atoms. The van der Waals surface area contributed by atoms with Crippen molar-refractivity contribution >= 4 is 17.5 Å². The molecule has 0 aliphatic carbocycles. The molecule has 1 aromatic carbocycles. The van der Waals surface area contributed by atoms with Crippen LogP contribution >= 0.6 is 11.6 Å². The lowest BCUT2D eigenvalue weighted by Gasteiger charge is -2.27. The van der Waals surface area contributed by atoms with Crippen LogP contribution in [0.1, 0.15) is 27.7 Å². The zero-order valence-corrected chi connectivity index (χ0v) is 13.9. The quantitative estimate of drug-likeness (QED) is 0.939. The largest absolute Gasteiger partial charge is 0.351 e. The summed E-state index contributed by atoms with van der Waals surface area (Å²) in [6.07, 6.45) is 0. The summed E-state index contributed by atoms with van der Waals surface area (Å²) >= 11 is 5.84. The Bertz CT molecular complexity index is 645. The number of rotatable bonds is 4. The first-order chi connectivity index (χ1) is 10.3. The van der Waals surface area contributed by atoms with E-state index in [9.17, 15) is 4.79 Å².